The van der Waals surface area contributed by atoms with E-state index in [9.17, 15) is 10.2 Å². The number of nitrogens with zero attached hydrogens (tertiary/aromatic N) is 2. The van der Waals surface area contributed by atoms with Gasteiger partial charge >= 0.3 is 0 Å². The average Bonchev–Trinajstić information content (AvgIpc) is 2.66. The Kier molecular flexibility index (Phi) is 4.23. The summed E-state index contributed by atoms with van der Waals surface area (Å²) in [6.07, 6.45) is 3.26. The molecule has 6 atom stereocenters. The molecule has 3 saturated heterocycles. The third-order valence-electron chi connectivity index (χ3n) is 5.88. The van der Waals surface area contributed by atoms with Gasteiger partial charge in [-0.25, -0.2) is 0 Å². The van der Waals surface area contributed by atoms with Crippen molar-refractivity contribution in [2.24, 2.45) is 11.8 Å². The van der Waals surface area contributed by atoms with E-state index in [1.807, 2.05) is 30.3 Å². The van der Waals surface area contributed by atoms with Crippen molar-refractivity contribution in [3.63, 3.8) is 0 Å². The van der Waals surface area contributed by atoms with E-state index in [0.29, 0.717) is 5.92 Å². The van der Waals surface area contributed by atoms with Crippen LogP contribution in [0.3, 0.4) is 0 Å². The molecule has 0 amide bonds. The smallest absolute Gasteiger partial charge is 0.119 e. The molecule has 2 N–H and O–H groups in total. The summed E-state index contributed by atoms with van der Waals surface area (Å²) in [5.74, 6) is 1.19. The summed E-state index contributed by atoms with van der Waals surface area (Å²) in [6, 6.07) is 7.19. The van der Waals surface area contributed by atoms with Crippen LogP contribution in [0.4, 0.5) is 0 Å². The summed E-state index contributed by atoms with van der Waals surface area (Å²) in [6.45, 7) is 5.65. The normalized spacial score (nSPS) is 32.5. The second-order valence-electron chi connectivity index (χ2n) is 7.06. The molecule has 4 heterocycles. The number of pyridine rings is 1. The fourth-order valence-corrected chi connectivity index (χ4v) is 4.54. The molecular weight excluding hydrogens is 316 g/mol. The Morgan fingerprint density at radius 3 is 2.96 bits per heavy atom. The first-order chi connectivity index (χ1) is 12.1. The SMILES string of the molecule is C=C[C@H]1CN2CC[C@H]1[C@@H](O)[C@H]2[C@H](O)c1ccnc2ccc(OC)cc12. The number of ether oxygens (including phenoxy) is 1. The maximum atomic E-state index is 11.2. The number of hydrogen-bond donors (Lipinski definition) is 2. The van der Waals surface area contributed by atoms with Crippen molar-refractivity contribution < 1.29 is 14.9 Å². The maximum absolute atomic E-state index is 11.2. The number of rotatable bonds is 4. The van der Waals surface area contributed by atoms with Gasteiger partial charge in [0.2, 0.25) is 0 Å². The molecular formula is C20H24N2O3. The fourth-order valence-electron chi connectivity index (χ4n) is 4.54. The largest absolute Gasteiger partial charge is 0.497 e. The summed E-state index contributed by atoms with van der Waals surface area (Å²) < 4.78 is 5.32. The zero-order valence-corrected chi connectivity index (χ0v) is 14.4. The minimum atomic E-state index is -0.777. The van der Waals surface area contributed by atoms with Crippen LogP contribution in [0.5, 0.6) is 5.75 Å². The molecule has 132 valence electrons. The molecule has 5 nitrogen and oxygen atoms in total. The van der Waals surface area contributed by atoms with Crippen LogP contribution in [-0.4, -0.2) is 52.4 Å². The van der Waals surface area contributed by atoms with Gasteiger partial charge in [-0.05, 0) is 54.6 Å². The molecule has 0 aliphatic carbocycles. The third-order valence-corrected chi connectivity index (χ3v) is 5.88. The summed E-state index contributed by atoms with van der Waals surface area (Å²) >= 11 is 0. The molecule has 2 aromatic rings. The van der Waals surface area contributed by atoms with E-state index >= 15 is 0 Å². The maximum Gasteiger partial charge on any atom is 0.119 e. The highest BCUT2D eigenvalue weighted by Gasteiger charge is 2.48. The standard InChI is InChI=1S/C20H24N2O3/c1-3-12-11-22-9-7-14(12)19(23)18(22)20(24)15-6-8-21-17-5-4-13(25-2)10-16(15)17/h3-6,8,10,12,14,18-20,23-24H,1,7,9,11H2,2H3/t12-,14+,18-,19+,20+/m0/s1. The van der Waals surface area contributed by atoms with E-state index in [1.165, 1.54) is 0 Å². The lowest BCUT2D eigenvalue weighted by molar-refractivity contribution is -0.131. The molecule has 3 fully saturated rings. The molecule has 5 rings (SSSR count). The lowest BCUT2D eigenvalue weighted by Crippen LogP contribution is -2.63. The predicted molar refractivity (Wildman–Crippen MR) is 96.4 cm³/mol. The van der Waals surface area contributed by atoms with Crippen LogP contribution >= 0.6 is 0 Å². The number of fused-ring (bicyclic) bond motifs is 4. The van der Waals surface area contributed by atoms with Crippen molar-refractivity contribution in [1.29, 1.82) is 0 Å². The van der Waals surface area contributed by atoms with Gasteiger partial charge in [-0.2, -0.15) is 0 Å². The van der Waals surface area contributed by atoms with Gasteiger partial charge in [0.25, 0.3) is 0 Å². The lowest BCUT2D eigenvalue weighted by atomic mass is 9.71. The van der Waals surface area contributed by atoms with Crippen LogP contribution in [0, 0.1) is 11.8 Å². The van der Waals surface area contributed by atoms with Crippen molar-refractivity contribution in [2.75, 3.05) is 20.2 Å². The van der Waals surface area contributed by atoms with Crippen molar-refractivity contribution in [3.05, 3.63) is 48.7 Å². The first-order valence-electron chi connectivity index (χ1n) is 8.79. The van der Waals surface area contributed by atoms with Gasteiger partial charge < -0.3 is 14.9 Å². The Morgan fingerprint density at radius 1 is 1.40 bits per heavy atom. The molecule has 3 aliphatic heterocycles. The molecule has 1 unspecified atom stereocenters. The van der Waals surface area contributed by atoms with Crippen molar-refractivity contribution in [2.45, 2.75) is 24.7 Å². The first kappa shape index (κ1) is 16.5. The average molecular weight is 340 g/mol. The molecule has 0 spiro atoms. The second kappa shape index (κ2) is 6.41. The third kappa shape index (κ3) is 2.63. The van der Waals surface area contributed by atoms with Gasteiger partial charge in [-0.3, -0.25) is 9.88 Å². The summed E-state index contributed by atoms with van der Waals surface area (Å²) in [5.41, 5.74) is 1.60. The van der Waals surface area contributed by atoms with Crippen LogP contribution < -0.4 is 4.74 Å². The van der Waals surface area contributed by atoms with Crippen molar-refractivity contribution in [3.8, 4) is 5.75 Å². The lowest BCUT2D eigenvalue weighted by Gasteiger charge is -2.53. The zero-order valence-electron chi connectivity index (χ0n) is 14.4. The van der Waals surface area contributed by atoms with Gasteiger partial charge in [-0.15, -0.1) is 6.58 Å². The van der Waals surface area contributed by atoms with E-state index in [-0.39, 0.29) is 12.0 Å². The summed E-state index contributed by atoms with van der Waals surface area (Å²) in [4.78, 5) is 6.58. The molecule has 25 heavy (non-hydrogen) atoms. The molecule has 1 aromatic carbocycles. The fraction of sp³-hybridized carbons (Fsp3) is 0.450. The van der Waals surface area contributed by atoms with Crippen LogP contribution in [0.25, 0.3) is 10.9 Å². The minimum absolute atomic E-state index is 0.171. The van der Waals surface area contributed by atoms with E-state index in [2.05, 4.69) is 16.5 Å². The van der Waals surface area contributed by atoms with Crippen LogP contribution in [0.1, 0.15) is 18.1 Å². The molecule has 0 saturated carbocycles. The molecule has 5 heteroatoms. The Bertz CT molecular complexity index is 792. The van der Waals surface area contributed by atoms with Crippen molar-refractivity contribution >= 4 is 10.9 Å². The van der Waals surface area contributed by atoms with Crippen molar-refractivity contribution in [1.82, 2.24) is 9.88 Å². The zero-order chi connectivity index (χ0) is 17.6. The molecule has 0 radical (unpaired) electrons. The van der Waals surface area contributed by atoms with Gasteiger partial charge in [0.15, 0.2) is 0 Å². The van der Waals surface area contributed by atoms with Gasteiger partial charge in [0.1, 0.15) is 5.75 Å². The van der Waals surface area contributed by atoms with Gasteiger partial charge in [0, 0.05) is 18.1 Å². The van der Waals surface area contributed by atoms with Gasteiger partial charge in [0.05, 0.1) is 30.9 Å². The highest BCUT2D eigenvalue weighted by atomic mass is 16.5. The summed E-state index contributed by atoms with van der Waals surface area (Å²) in [7, 11) is 1.62. The Balaban J connectivity index is 1.73. The Morgan fingerprint density at radius 2 is 2.24 bits per heavy atom. The highest BCUT2D eigenvalue weighted by Crippen LogP contribution is 2.42. The monoisotopic (exact) mass is 340 g/mol. The number of aliphatic hydroxyl groups excluding tert-OH is 2. The van der Waals surface area contributed by atoms with Gasteiger partial charge in [-0.1, -0.05) is 6.08 Å². The van der Waals surface area contributed by atoms with E-state index in [0.717, 1.165) is 41.7 Å². The first-order valence-corrected chi connectivity index (χ1v) is 8.79. The Labute approximate surface area is 147 Å². The van der Waals surface area contributed by atoms with E-state index in [4.69, 9.17) is 4.74 Å². The summed E-state index contributed by atoms with van der Waals surface area (Å²) in [5, 5.41) is 22.9. The quantitative estimate of drug-likeness (QED) is 0.835. The number of methoxy groups -OCH3 is 1. The molecule has 2 bridgehead atoms. The van der Waals surface area contributed by atoms with E-state index in [1.54, 1.807) is 13.3 Å². The van der Waals surface area contributed by atoms with Crippen LogP contribution in [0.2, 0.25) is 0 Å². The second-order valence-corrected chi connectivity index (χ2v) is 7.06. The number of hydrogen-bond acceptors (Lipinski definition) is 5. The minimum Gasteiger partial charge on any atom is -0.497 e. The number of piperidine rings is 3. The topological polar surface area (TPSA) is 65.8 Å². The predicted octanol–water partition coefficient (Wildman–Crippen LogP) is 2.14. The molecule has 1 aromatic heterocycles. The number of aromatic nitrogens is 1. The number of aliphatic hydroxyl groups is 2. The molecule has 3 aliphatic rings. The Hall–Kier alpha value is -1.95. The van der Waals surface area contributed by atoms with Crippen LogP contribution in [0.15, 0.2) is 43.1 Å². The highest BCUT2D eigenvalue weighted by molar-refractivity contribution is 5.84. The number of benzene rings is 1. The van der Waals surface area contributed by atoms with Crippen LogP contribution in [-0.2, 0) is 0 Å². The van der Waals surface area contributed by atoms with E-state index < -0.39 is 12.2 Å².